The average molecular weight is 235 g/mol. The number of aliphatic imine (C=N–C) groups is 1. The Kier molecular flexibility index (Phi) is 3.82. The van der Waals surface area contributed by atoms with Gasteiger partial charge in [-0.25, -0.2) is 4.99 Å². The Bertz CT molecular complexity index is 529. The third-order valence-electron chi connectivity index (χ3n) is 2.49. The van der Waals surface area contributed by atoms with E-state index in [2.05, 4.69) is 11.6 Å². The second-order valence-electron chi connectivity index (χ2n) is 3.73. The molecule has 0 saturated heterocycles. The van der Waals surface area contributed by atoms with Gasteiger partial charge in [-0.2, -0.15) is 0 Å². The molecule has 0 aliphatic heterocycles. The number of rotatable bonds is 3. The van der Waals surface area contributed by atoms with E-state index in [0.29, 0.717) is 5.71 Å². The summed E-state index contributed by atoms with van der Waals surface area (Å²) in [6.45, 7) is 3.44. The first-order valence-electron chi connectivity index (χ1n) is 5.67. The van der Waals surface area contributed by atoms with Gasteiger partial charge < -0.3 is 0 Å². The molecule has 0 aliphatic carbocycles. The van der Waals surface area contributed by atoms with E-state index >= 15 is 0 Å². The molecule has 2 heteroatoms. The zero-order valence-electron chi connectivity index (χ0n) is 9.91. The number of carbonyl (C=O) groups excluding carboxylic acids is 1. The van der Waals surface area contributed by atoms with Crippen molar-refractivity contribution in [3.8, 4) is 0 Å². The fourth-order valence-electron chi connectivity index (χ4n) is 1.64. The molecule has 1 amide bonds. The van der Waals surface area contributed by atoms with Gasteiger partial charge in [-0.1, -0.05) is 67.2 Å². The lowest BCUT2D eigenvalue weighted by molar-refractivity contribution is -0.113. The predicted octanol–water partition coefficient (Wildman–Crippen LogP) is 3.24. The van der Waals surface area contributed by atoms with Gasteiger partial charge in [0.25, 0.3) is 5.91 Å². The van der Waals surface area contributed by atoms with Crippen LogP contribution in [0.4, 0.5) is 0 Å². The zero-order chi connectivity index (χ0) is 12.8. The van der Waals surface area contributed by atoms with Crippen LogP contribution in [0, 0.1) is 0 Å². The Hall–Kier alpha value is -2.48. The molecule has 18 heavy (non-hydrogen) atoms. The molecule has 0 atom stereocenters. The largest absolute Gasteiger partial charge is 0.269 e. The van der Waals surface area contributed by atoms with Gasteiger partial charge in [0, 0.05) is 11.1 Å². The Morgan fingerprint density at radius 1 is 0.889 bits per heavy atom. The Balaban J connectivity index is 2.52. The van der Waals surface area contributed by atoms with Crippen LogP contribution in [0.1, 0.15) is 11.1 Å². The minimum absolute atomic E-state index is 0.335. The van der Waals surface area contributed by atoms with E-state index in [1.807, 2.05) is 60.7 Å². The van der Waals surface area contributed by atoms with Crippen LogP contribution in [0.2, 0.25) is 0 Å². The van der Waals surface area contributed by atoms with E-state index < -0.39 is 0 Å². The smallest absolute Gasteiger partial charge is 0.267 e. The summed E-state index contributed by atoms with van der Waals surface area (Å²) in [5.41, 5.74) is 2.50. The summed E-state index contributed by atoms with van der Waals surface area (Å²) < 4.78 is 0. The fraction of sp³-hybridized carbons (Fsp3) is 0. The molecule has 0 fully saturated rings. The van der Waals surface area contributed by atoms with Gasteiger partial charge in [-0.05, 0) is 6.08 Å². The highest BCUT2D eigenvalue weighted by atomic mass is 16.1. The first kappa shape index (κ1) is 12.0. The van der Waals surface area contributed by atoms with Crippen LogP contribution in [0.5, 0.6) is 0 Å². The summed E-state index contributed by atoms with van der Waals surface area (Å²) in [6, 6.07) is 19.3. The maximum absolute atomic E-state index is 11.5. The summed E-state index contributed by atoms with van der Waals surface area (Å²) >= 11 is 0. The molecule has 0 spiro atoms. The van der Waals surface area contributed by atoms with E-state index in [-0.39, 0.29) is 5.91 Å². The van der Waals surface area contributed by atoms with Gasteiger partial charge in [-0.3, -0.25) is 4.79 Å². The number of amides is 1. The maximum Gasteiger partial charge on any atom is 0.269 e. The lowest BCUT2D eigenvalue weighted by Crippen LogP contribution is -2.05. The molecule has 2 rings (SSSR count). The molecule has 2 nitrogen and oxygen atoms in total. The number of carbonyl (C=O) groups is 1. The van der Waals surface area contributed by atoms with Crippen molar-refractivity contribution in [3.05, 3.63) is 84.4 Å². The molecule has 0 saturated carbocycles. The standard InChI is InChI=1S/C16H13NO/c1-2-15(18)17-16(13-9-5-3-6-10-13)14-11-7-4-8-12-14/h2-12H,1H2. The maximum atomic E-state index is 11.5. The van der Waals surface area contributed by atoms with Crippen LogP contribution in [0.3, 0.4) is 0 Å². The van der Waals surface area contributed by atoms with Crippen LogP contribution in [0.25, 0.3) is 0 Å². The molecular weight excluding hydrogens is 222 g/mol. The van der Waals surface area contributed by atoms with Crippen LogP contribution >= 0.6 is 0 Å². The average Bonchev–Trinajstić information content (AvgIpc) is 2.46. The van der Waals surface area contributed by atoms with Crippen molar-refractivity contribution in [2.45, 2.75) is 0 Å². The fourth-order valence-corrected chi connectivity index (χ4v) is 1.64. The highest BCUT2D eigenvalue weighted by molar-refractivity contribution is 6.17. The highest BCUT2D eigenvalue weighted by Gasteiger charge is 2.07. The molecule has 0 N–H and O–H groups in total. The third-order valence-corrected chi connectivity index (χ3v) is 2.49. The Morgan fingerprint density at radius 3 is 1.72 bits per heavy atom. The molecule has 0 unspecified atom stereocenters. The molecule has 0 radical (unpaired) electrons. The molecule has 0 aliphatic rings. The molecule has 88 valence electrons. The highest BCUT2D eigenvalue weighted by Crippen LogP contribution is 2.11. The minimum Gasteiger partial charge on any atom is -0.267 e. The number of hydrogen-bond donors (Lipinski definition) is 0. The van der Waals surface area contributed by atoms with Crippen molar-refractivity contribution < 1.29 is 4.79 Å². The van der Waals surface area contributed by atoms with E-state index in [1.54, 1.807) is 0 Å². The minimum atomic E-state index is -0.335. The zero-order valence-corrected chi connectivity index (χ0v) is 9.91. The van der Waals surface area contributed by atoms with Gasteiger partial charge in [0.2, 0.25) is 0 Å². The summed E-state index contributed by atoms with van der Waals surface area (Å²) in [4.78, 5) is 15.6. The lowest BCUT2D eigenvalue weighted by atomic mass is 10.0. The van der Waals surface area contributed by atoms with Gasteiger partial charge in [0.05, 0.1) is 5.71 Å². The number of nitrogens with zero attached hydrogens (tertiary/aromatic N) is 1. The van der Waals surface area contributed by atoms with Crippen LogP contribution < -0.4 is 0 Å². The van der Waals surface area contributed by atoms with Crippen molar-refractivity contribution in [2.75, 3.05) is 0 Å². The molecular formula is C16H13NO. The van der Waals surface area contributed by atoms with E-state index in [4.69, 9.17) is 0 Å². The quantitative estimate of drug-likeness (QED) is 0.593. The topological polar surface area (TPSA) is 29.4 Å². The van der Waals surface area contributed by atoms with Crippen molar-refractivity contribution >= 4 is 11.6 Å². The molecule has 0 aromatic heterocycles. The summed E-state index contributed by atoms with van der Waals surface area (Å²) in [5.74, 6) is -0.335. The molecule has 2 aromatic rings. The predicted molar refractivity (Wildman–Crippen MR) is 73.7 cm³/mol. The van der Waals surface area contributed by atoms with Gasteiger partial charge in [0.15, 0.2) is 0 Å². The monoisotopic (exact) mass is 235 g/mol. The van der Waals surface area contributed by atoms with Gasteiger partial charge in [0.1, 0.15) is 0 Å². The van der Waals surface area contributed by atoms with E-state index in [0.717, 1.165) is 11.1 Å². The van der Waals surface area contributed by atoms with Crippen LogP contribution in [-0.2, 0) is 4.79 Å². The molecule has 2 aromatic carbocycles. The Morgan fingerprint density at radius 2 is 1.33 bits per heavy atom. The van der Waals surface area contributed by atoms with Crippen molar-refractivity contribution in [2.24, 2.45) is 4.99 Å². The summed E-state index contributed by atoms with van der Waals surface area (Å²) in [6.07, 6.45) is 1.21. The third kappa shape index (κ3) is 2.80. The van der Waals surface area contributed by atoms with E-state index in [1.165, 1.54) is 6.08 Å². The molecule has 0 bridgehead atoms. The second-order valence-corrected chi connectivity index (χ2v) is 3.73. The first-order valence-corrected chi connectivity index (χ1v) is 5.67. The molecule has 0 heterocycles. The summed E-state index contributed by atoms with van der Waals surface area (Å²) in [7, 11) is 0. The van der Waals surface area contributed by atoms with Crippen LogP contribution in [0.15, 0.2) is 78.3 Å². The van der Waals surface area contributed by atoms with Crippen LogP contribution in [-0.4, -0.2) is 11.6 Å². The van der Waals surface area contributed by atoms with Crippen molar-refractivity contribution in [1.82, 2.24) is 0 Å². The first-order chi connectivity index (χ1) is 8.81. The number of hydrogen-bond acceptors (Lipinski definition) is 1. The summed E-state index contributed by atoms with van der Waals surface area (Å²) in [5, 5.41) is 0. The van der Waals surface area contributed by atoms with Gasteiger partial charge in [-0.15, -0.1) is 0 Å². The van der Waals surface area contributed by atoms with Crippen molar-refractivity contribution in [1.29, 1.82) is 0 Å². The number of benzene rings is 2. The van der Waals surface area contributed by atoms with Crippen molar-refractivity contribution in [3.63, 3.8) is 0 Å². The SMILES string of the molecule is C=CC(=O)N=C(c1ccccc1)c1ccccc1. The second kappa shape index (κ2) is 5.73. The van der Waals surface area contributed by atoms with E-state index in [9.17, 15) is 4.79 Å². The lowest BCUT2D eigenvalue weighted by Gasteiger charge is -2.05. The Labute approximate surface area is 106 Å². The normalized spacial score (nSPS) is 9.56. The van der Waals surface area contributed by atoms with Gasteiger partial charge >= 0.3 is 0 Å².